The number of ether oxygens (including phenoxy) is 1. The van der Waals surface area contributed by atoms with Crippen molar-refractivity contribution in [2.75, 3.05) is 18.2 Å². The van der Waals surface area contributed by atoms with Crippen LogP contribution in [0, 0.1) is 0 Å². The van der Waals surface area contributed by atoms with Crippen LogP contribution in [0.3, 0.4) is 0 Å². The number of hydrogen-bond donors (Lipinski definition) is 2. The van der Waals surface area contributed by atoms with Crippen molar-refractivity contribution in [2.45, 2.75) is 37.9 Å². The van der Waals surface area contributed by atoms with Crippen LogP contribution in [0.4, 0.5) is 5.95 Å². The Balaban J connectivity index is 2.09. The van der Waals surface area contributed by atoms with Gasteiger partial charge in [-0.25, -0.2) is 4.68 Å². The second-order valence-electron chi connectivity index (χ2n) is 6.04. The van der Waals surface area contributed by atoms with Gasteiger partial charge >= 0.3 is 0 Å². The van der Waals surface area contributed by atoms with Crippen LogP contribution in [-0.4, -0.2) is 33.5 Å². The average molecular weight is 373 g/mol. The van der Waals surface area contributed by atoms with E-state index >= 15 is 0 Å². The summed E-state index contributed by atoms with van der Waals surface area (Å²) in [5.74, 6) is 1.73. The molecule has 1 amide bonds. The SMILES string of the molecule is CCCCSc1nc2n(n1)C(c1ccccc1OC)C(C(N)=O)=C(C)N2. The van der Waals surface area contributed by atoms with Crippen LogP contribution in [0.1, 0.15) is 38.3 Å². The molecule has 0 radical (unpaired) electrons. The predicted octanol–water partition coefficient (Wildman–Crippen LogP) is 2.95. The first-order valence-electron chi connectivity index (χ1n) is 8.56. The number of rotatable bonds is 7. The zero-order valence-corrected chi connectivity index (χ0v) is 16.0. The molecule has 0 aliphatic carbocycles. The van der Waals surface area contributed by atoms with Gasteiger partial charge in [0.1, 0.15) is 11.8 Å². The van der Waals surface area contributed by atoms with Crippen molar-refractivity contribution in [3.63, 3.8) is 0 Å². The number of nitrogens with zero attached hydrogens (tertiary/aromatic N) is 3. The van der Waals surface area contributed by atoms with Crippen molar-refractivity contribution < 1.29 is 9.53 Å². The third-order valence-electron chi connectivity index (χ3n) is 4.26. The van der Waals surface area contributed by atoms with Crippen molar-refractivity contribution in [2.24, 2.45) is 5.73 Å². The standard InChI is InChI=1S/C18H23N5O2S/c1-4-5-10-26-18-21-17-20-11(2)14(16(19)24)15(23(17)22-18)12-8-6-7-9-13(12)25-3/h6-9,15H,4-5,10H2,1-3H3,(H2,19,24)(H,20,21,22). The first kappa shape index (κ1) is 18.3. The number of carbonyl (C=O) groups excluding carboxylic acids is 1. The Morgan fingerprint density at radius 2 is 2.19 bits per heavy atom. The predicted molar refractivity (Wildman–Crippen MR) is 102 cm³/mol. The highest BCUT2D eigenvalue weighted by molar-refractivity contribution is 7.99. The molecule has 3 rings (SSSR count). The van der Waals surface area contributed by atoms with E-state index in [1.54, 1.807) is 23.6 Å². The van der Waals surface area contributed by atoms with Gasteiger partial charge in [0.15, 0.2) is 0 Å². The van der Waals surface area contributed by atoms with Gasteiger partial charge in [-0.15, -0.1) is 5.10 Å². The molecule has 138 valence electrons. The number of thioether (sulfide) groups is 1. The lowest BCUT2D eigenvalue weighted by atomic mass is 9.94. The number of nitrogens with one attached hydrogen (secondary N) is 1. The van der Waals surface area contributed by atoms with E-state index in [4.69, 9.17) is 10.5 Å². The minimum absolute atomic E-state index is 0.456. The van der Waals surface area contributed by atoms with Crippen LogP contribution in [0.15, 0.2) is 40.7 Å². The number of nitrogens with two attached hydrogens (primary N) is 1. The molecule has 0 spiro atoms. The van der Waals surface area contributed by atoms with Crippen molar-refractivity contribution in [3.8, 4) is 5.75 Å². The van der Waals surface area contributed by atoms with Gasteiger partial charge in [-0.05, 0) is 19.4 Å². The quantitative estimate of drug-likeness (QED) is 0.572. The molecule has 1 aromatic heterocycles. The lowest BCUT2D eigenvalue weighted by Crippen LogP contribution is -2.32. The maximum absolute atomic E-state index is 12.2. The molecule has 2 heterocycles. The van der Waals surface area contributed by atoms with Crippen LogP contribution in [0.25, 0.3) is 0 Å². The molecule has 0 saturated carbocycles. The highest BCUT2D eigenvalue weighted by Crippen LogP contribution is 2.39. The zero-order valence-electron chi connectivity index (χ0n) is 15.2. The number of aromatic nitrogens is 3. The summed E-state index contributed by atoms with van der Waals surface area (Å²) < 4.78 is 7.22. The molecule has 1 aliphatic rings. The van der Waals surface area contributed by atoms with E-state index in [0.717, 1.165) is 24.2 Å². The summed E-state index contributed by atoms with van der Waals surface area (Å²) >= 11 is 1.61. The van der Waals surface area contributed by atoms with E-state index < -0.39 is 11.9 Å². The van der Waals surface area contributed by atoms with Gasteiger partial charge in [0, 0.05) is 17.0 Å². The summed E-state index contributed by atoms with van der Waals surface area (Å²) in [6.45, 7) is 3.97. The second kappa shape index (κ2) is 7.82. The monoisotopic (exact) mass is 373 g/mol. The topological polar surface area (TPSA) is 95.1 Å². The molecular weight excluding hydrogens is 350 g/mol. The molecule has 2 aromatic rings. The largest absolute Gasteiger partial charge is 0.496 e. The third-order valence-corrected chi connectivity index (χ3v) is 5.19. The molecule has 1 aromatic carbocycles. The highest BCUT2D eigenvalue weighted by atomic mass is 32.2. The lowest BCUT2D eigenvalue weighted by Gasteiger charge is -2.28. The number of fused-ring (bicyclic) bond motifs is 1. The first-order chi connectivity index (χ1) is 12.6. The Hall–Kier alpha value is -2.48. The number of allylic oxidation sites excluding steroid dienone is 1. The van der Waals surface area contributed by atoms with Crippen LogP contribution in [0.2, 0.25) is 0 Å². The Labute approximate surface area is 157 Å². The zero-order chi connectivity index (χ0) is 18.7. The summed E-state index contributed by atoms with van der Waals surface area (Å²) in [6, 6.07) is 7.09. The van der Waals surface area contributed by atoms with Gasteiger partial charge in [-0.1, -0.05) is 43.3 Å². The average Bonchev–Trinajstić information content (AvgIpc) is 3.02. The Bertz CT molecular complexity index is 846. The fraction of sp³-hybridized carbons (Fsp3) is 0.389. The number of anilines is 1. The minimum Gasteiger partial charge on any atom is -0.496 e. The van der Waals surface area contributed by atoms with Crippen LogP contribution in [0.5, 0.6) is 5.75 Å². The normalized spacial score (nSPS) is 16.2. The van der Waals surface area contributed by atoms with E-state index in [1.165, 1.54) is 0 Å². The molecule has 0 saturated heterocycles. The molecule has 0 bridgehead atoms. The van der Waals surface area contributed by atoms with Crippen LogP contribution >= 0.6 is 11.8 Å². The number of amides is 1. The second-order valence-corrected chi connectivity index (χ2v) is 7.10. The Morgan fingerprint density at radius 1 is 1.42 bits per heavy atom. The summed E-state index contributed by atoms with van der Waals surface area (Å²) in [4.78, 5) is 16.8. The van der Waals surface area contributed by atoms with Crippen molar-refractivity contribution in [1.29, 1.82) is 0 Å². The van der Waals surface area contributed by atoms with E-state index in [2.05, 4.69) is 22.3 Å². The Kier molecular flexibility index (Phi) is 5.51. The minimum atomic E-state index is -0.493. The smallest absolute Gasteiger partial charge is 0.248 e. The van der Waals surface area contributed by atoms with E-state index in [1.807, 2.05) is 31.2 Å². The first-order valence-corrected chi connectivity index (χ1v) is 9.55. The maximum atomic E-state index is 12.2. The van der Waals surface area contributed by atoms with Crippen molar-refractivity contribution in [3.05, 3.63) is 41.1 Å². The van der Waals surface area contributed by atoms with Gasteiger partial charge < -0.3 is 15.8 Å². The van der Waals surface area contributed by atoms with Crippen LogP contribution in [-0.2, 0) is 4.79 Å². The summed E-state index contributed by atoms with van der Waals surface area (Å²) in [7, 11) is 1.61. The van der Waals surface area contributed by atoms with Crippen molar-refractivity contribution in [1.82, 2.24) is 14.8 Å². The van der Waals surface area contributed by atoms with Gasteiger partial charge in [0.25, 0.3) is 0 Å². The number of benzene rings is 1. The molecule has 3 N–H and O–H groups in total. The molecule has 0 fully saturated rings. The molecule has 1 unspecified atom stereocenters. The number of unbranched alkanes of at least 4 members (excludes halogenated alkanes) is 1. The van der Waals surface area contributed by atoms with E-state index in [-0.39, 0.29) is 0 Å². The van der Waals surface area contributed by atoms with Gasteiger partial charge in [0.05, 0.1) is 12.7 Å². The van der Waals surface area contributed by atoms with E-state index in [9.17, 15) is 4.79 Å². The fourth-order valence-corrected chi connectivity index (χ4v) is 3.91. The van der Waals surface area contributed by atoms with Gasteiger partial charge in [-0.2, -0.15) is 4.98 Å². The fourth-order valence-electron chi connectivity index (χ4n) is 3.00. The third kappa shape index (κ3) is 3.41. The molecule has 26 heavy (non-hydrogen) atoms. The number of hydrogen-bond acceptors (Lipinski definition) is 6. The number of methoxy groups -OCH3 is 1. The number of primary amides is 1. The van der Waals surface area contributed by atoms with E-state index in [0.29, 0.717) is 28.1 Å². The summed E-state index contributed by atoms with van der Waals surface area (Å²) in [5, 5.41) is 8.46. The Morgan fingerprint density at radius 3 is 2.88 bits per heavy atom. The highest BCUT2D eigenvalue weighted by Gasteiger charge is 2.34. The summed E-state index contributed by atoms with van der Waals surface area (Å²) in [6.07, 6.45) is 2.22. The molecule has 1 aliphatic heterocycles. The lowest BCUT2D eigenvalue weighted by molar-refractivity contribution is -0.115. The van der Waals surface area contributed by atoms with Gasteiger partial charge in [-0.3, -0.25) is 4.79 Å². The number of carbonyl (C=O) groups is 1. The molecular formula is C18H23N5O2S. The molecule has 1 atom stereocenters. The van der Waals surface area contributed by atoms with Gasteiger partial charge in [0.2, 0.25) is 17.0 Å². The summed E-state index contributed by atoms with van der Waals surface area (Å²) in [5.41, 5.74) is 7.65. The maximum Gasteiger partial charge on any atom is 0.248 e. The van der Waals surface area contributed by atoms with Crippen LogP contribution < -0.4 is 15.8 Å². The number of para-hydroxylation sites is 1. The molecule has 7 nitrogen and oxygen atoms in total. The molecule has 8 heteroatoms. The van der Waals surface area contributed by atoms with Crippen molar-refractivity contribution >= 4 is 23.6 Å².